The zero-order chi connectivity index (χ0) is 17.8. The number of aromatic amines is 1. The van der Waals surface area contributed by atoms with Crippen LogP contribution >= 0.6 is 0 Å². The third-order valence-corrected chi connectivity index (χ3v) is 4.83. The number of hydrogen-bond donors (Lipinski definition) is 1. The van der Waals surface area contributed by atoms with Gasteiger partial charge < -0.3 is 9.72 Å². The SMILES string of the molecule is C=C(C(=O)OC)c1[nH]c2ccccc2c1CC[N+]1=CC(CC)CC=C1. The van der Waals surface area contributed by atoms with Gasteiger partial charge in [0.1, 0.15) is 6.21 Å². The lowest BCUT2D eigenvalue weighted by Gasteiger charge is -2.10. The van der Waals surface area contributed by atoms with Crippen molar-refractivity contribution in [3.05, 3.63) is 54.4 Å². The van der Waals surface area contributed by atoms with Crippen LogP contribution in [0.3, 0.4) is 0 Å². The summed E-state index contributed by atoms with van der Waals surface area (Å²) in [4.78, 5) is 15.3. The molecule has 1 aliphatic heterocycles. The van der Waals surface area contributed by atoms with Crippen LogP contribution in [0.25, 0.3) is 16.5 Å². The number of aromatic nitrogens is 1. The first-order valence-electron chi connectivity index (χ1n) is 8.78. The monoisotopic (exact) mass is 337 g/mol. The number of para-hydroxylation sites is 1. The van der Waals surface area contributed by atoms with Gasteiger partial charge in [0.25, 0.3) is 0 Å². The molecule has 3 rings (SSSR count). The number of benzene rings is 1. The van der Waals surface area contributed by atoms with Crippen LogP contribution in [0.2, 0.25) is 0 Å². The highest BCUT2D eigenvalue weighted by Gasteiger charge is 2.20. The second kappa shape index (κ2) is 7.51. The van der Waals surface area contributed by atoms with Crippen molar-refractivity contribution in [2.45, 2.75) is 26.2 Å². The number of H-pyrrole nitrogens is 1. The maximum atomic E-state index is 12.0. The Balaban J connectivity index is 1.91. The average Bonchev–Trinajstić information content (AvgIpc) is 3.03. The summed E-state index contributed by atoms with van der Waals surface area (Å²) in [6.45, 7) is 7.02. The normalized spacial score (nSPS) is 16.7. The first kappa shape index (κ1) is 17.2. The van der Waals surface area contributed by atoms with Crippen molar-refractivity contribution in [1.82, 2.24) is 4.98 Å². The molecule has 1 aromatic heterocycles. The number of ether oxygens (including phenoxy) is 1. The molecule has 4 heteroatoms. The summed E-state index contributed by atoms with van der Waals surface area (Å²) in [5.41, 5.74) is 3.29. The van der Waals surface area contributed by atoms with E-state index in [1.54, 1.807) is 0 Å². The lowest BCUT2D eigenvalue weighted by atomic mass is 10.0. The molecule has 1 unspecified atom stereocenters. The molecule has 130 valence electrons. The fraction of sp³-hybridized carbons (Fsp3) is 0.333. The van der Waals surface area contributed by atoms with Crippen LogP contribution in [0.15, 0.2) is 43.1 Å². The minimum atomic E-state index is -0.400. The summed E-state index contributed by atoms with van der Waals surface area (Å²) < 4.78 is 7.11. The van der Waals surface area contributed by atoms with Crippen molar-refractivity contribution in [2.75, 3.05) is 13.7 Å². The smallest absolute Gasteiger partial charge is 0.339 e. The molecule has 0 saturated heterocycles. The lowest BCUT2D eigenvalue weighted by Crippen LogP contribution is -2.19. The molecule has 0 bridgehead atoms. The first-order chi connectivity index (χ1) is 12.1. The van der Waals surface area contributed by atoms with Gasteiger partial charge in [0.15, 0.2) is 12.7 Å². The molecule has 1 aliphatic rings. The predicted octanol–water partition coefficient (Wildman–Crippen LogP) is 3.92. The number of fused-ring (bicyclic) bond motifs is 1. The summed E-state index contributed by atoms with van der Waals surface area (Å²) >= 11 is 0. The number of hydrogen-bond acceptors (Lipinski definition) is 2. The Labute approximate surface area is 148 Å². The summed E-state index contributed by atoms with van der Waals surface area (Å²) in [6.07, 6.45) is 9.78. The van der Waals surface area contributed by atoms with Crippen LogP contribution < -0.4 is 0 Å². The fourth-order valence-corrected chi connectivity index (χ4v) is 3.36. The third kappa shape index (κ3) is 3.58. The average molecular weight is 337 g/mol. The maximum absolute atomic E-state index is 12.0. The van der Waals surface area contributed by atoms with E-state index in [4.69, 9.17) is 4.74 Å². The number of rotatable bonds is 6. The Bertz CT molecular complexity index is 858. The number of nitrogens with zero attached hydrogens (tertiary/aromatic N) is 1. The van der Waals surface area contributed by atoms with E-state index in [1.807, 2.05) is 18.2 Å². The van der Waals surface area contributed by atoms with E-state index in [9.17, 15) is 4.79 Å². The number of carbonyl (C=O) groups excluding carboxylic acids is 1. The molecule has 4 nitrogen and oxygen atoms in total. The molecule has 2 heterocycles. The Morgan fingerprint density at radius 1 is 1.40 bits per heavy atom. The summed E-state index contributed by atoms with van der Waals surface area (Å²) in [5.74, 6) is 0.209. The van der Waals surface area contributed by atoms with Gasteiger partial charge in [-0.1, -0.05) is 31.7 Å². The van der Waals surface area contributed by atoms with Gasteiger partial charge in [0, 0.05) is 23.2 Å². The number of carbonyl (C=O) groups is 1. The highest BCUT2D eigenvalue weighted by atomic mass is 16.5. The second-order valence-electron chi connectivity index (χ2n) is 6.42. The van der Waals surface area contributed by atoms with Crippen molar-refractivity contribution < 1.29 is 14.1 Å². The van der Waals surface area contributed by atoms with Gasteiger partial charge >= 0.3 is 5.97 Å². The number of allylic oxidation sites excluding steroid dienone is 1. The third-order valence-electron chi connectivity index (χ3n) is 4.83. The number of methoxy groups -OCH3 is 1. The van der Waals surface area contributed by atoms with Gasteiger partial charge in [-0.2, -0.15) is 0 Å². The zero-order valence-electron chi connectivity index (χ0n) is 14.9. The Morgan fingerprint density at radius 3 is 2.96 bits per heavy atom. The Kier molecular flexibility index (Phi) is 5.17. The van der Waals surface area contributed by atoms with Crippen molar-refractivity contribution in [1.29, 1.82) is 0 Å². The quantitative estimate of drug-likeness (QED) is 0.493. The molecule has 0 radical (unpaired) electrons. The summed E-state index contributed by atoms with van der Waals surface area (Å²) in [7, 11) is 1.38. The van der Waals surface area contributed by atoms with E-state index in [-0.39, 0.29) is 0 Å². The number of nitrogens with one attached hydrogen (secondary N) is 1. The van der Waals surface area contributed by atoms with Crippen molar-refractivity contribution >= 4 is 28.7 Å². The van der Waals surface area contributed by atoms with Crippen LogP contribution in [-0.2, 0) is 16.0 Å². The Morgan fingerprint density at radius 2 is 2.20 bits per heavy atom. The topological polar surface area (TPSA) is 45.1 Å². The Hall–Kier alpha value is -2.62. The fourth-order valence-electron chi connectivity index (χ4n) is 3.36. The molecular weight excluding hydrogens is 312 g/mol. The van der Waals surface area contributed by atoms with Gasteiger partial charge in [-0.25, -0.2) is 9.37 Å². The van der Waals surface area contributed by atoms with E-state index in [2.05, 4.69) is 47.6 Å². The highest BCUT2D eigenvalue weighted by molar-refractivity contribution is 6.16. The molecule has 0 saturated carbocycles. The van der Waals surface area contributed by atoms with Crippen LogP contribution in [-0.4, -0.2) is 35.4 Å². The van der Waals surface area contributed by atoms with Gasteiger partial charge in [0.05, 0.1) is 18.4 Å². The number of esters is 1. The predicted molar refractivity (Wildman–Crippen MR) is 102 cm³/mol. The van der Waals surface area contributed by atoms with Crippen LogP contribution in [0.5, 0.6) is 0 Å². The van der Waals surface area contributed by atoms with E-state index in [0.717, 1.165) is 48.0 Å². The standard InChI is InChI=1S/C21H25N2O2/c1-4-16-8-7-12-23(14-16)13-11-18-17-9-5-6-10-19(17)22-20(18)15(2)21(24)25-3/h5-7,9-10,12,14,16,22H,2,4,8,11,13H2,1,3H3/q+1. The van der Waals surface area contributed by atoms with Crippen molar-refractivity contribution in [3.8, 4) is 0 Å². The lowest BCUT2D eigenvalue weighted by molar-refractivity contribution is -0.455. The highest BCUT2D eigenvalue weighted by Crippen LogP contribution is 2.28. The van der Waals surface area contributed by atoms with Crippen LogP contribution in [0.4, 0.5) is 0 Å². The molecule has 25 heavy (non-hydrogen) atoms. The van der Waals surface area contributed by atoms with Crippen molar-refractivity contribution in [2.24, 2.45) is 5.92 Å². The van der Waals surface area contributed by atoms with E-state index in [0.29, 0.717) is 11.5 Å². The molecule has 1 N–H and O–H groups in total. The van der Waals surface area contributed by atoms with Gasteiger partial charge in [-0.15, -0.1) is 0 Å². The van der Waals surface area contributed by atoms with Crippen LogP contribution in [0.1, 0.15) is 31.0 Å². The van der Waals surface area contributed by atoms with Gasteiger partial charge in [-0.3, -0.25) is 0 Å². The summed E-state index contributed by atoms with van der Waals surface area (Å²) in [5, 5.41) is 1.13. The molecule has 1 aromatic carbocycles. The first-order valence-corrected chi connectivity index (χ1v) is 8.78. The minimum Gasteiger partial charge on any atom is -0.465 e. The molecule has 0 amide bonds. The van der Waals surface area contributed by atoms with Crippen LogP contribution in [0, 0.1) is 5.92 Å². The van der Waals surface area contributed by atoms with E-state index >= 15 is 0 Å². The molecule has 0 spiro atoms. The summed E-state index contributed by atoms with van der Waals surface area (Å²) in [6, 6.07) is 8.11. The maximum Gasteiger partial charge on any atom is 0.339 e. The van der Waals surface area contributed by atoms with Gasteiger partial charge in [0.2, 0.25) is 0 Å². The molecule has 1 atom stereocenters. The molecule has 0 aliphatic carbocycles. The minimum absolute atomic E-state index is 0.373. The molecule has 2 aromatic rings. The van der Waals surface area contributed by atoms with Crippen molar-refractivity contribution in [3.63, 3.8) is 0 Å². The molecular formula is C21H25N2O2+. The largest absolute Gasteiger partial charge is 0.465 e. The second-order valence-corrected chi connectivity index (χ2v) is 6.42. The molecule has 0 fully saturated rings. The van der Waals surface area contributed by atoms with E-state index < -0.39 is 5.97 Å². The zero-order valence-corrected chi connectivity index (χ0v) is 14.9. The van der Waals surface area contributed by atoms with E-state index in [1.165, 1.54) is 7.11 Å². The van der Waals surface area contributed by atoms with Gasteiger partial charge in [-0.05, 0) is 30.5 Å².